The predicted octanol–water partition coefficient (Wildman–Crippen LogP) is 2.84. The number of guanidine groups is 1. The van der Waals surface area contributed by atoms with Crippen LogP contribution in [-0.2, 0) is 19.5 Å². The summed E-state index contributed by atoms with van der Waals surface area (Å²) in [4.78, 5) is 6.75. The van der Waals surface area contributed by atoms with Crippen LogP contribution >= 0.6 is 0 Å². The van der Waals surface area contributed by atoms with Gasteiger partial charge in [0.05, 0.1) is 14.2 Å². The Kier molecular flexibility index (Phi) is 5.43. The first-order valence-electron chi connectivity index (χ1n) is 8.48. The molecule has 1 aliphatic heterocycles. The molecule has 5 nitrogen and oxygen atoms in total. The van der Waals surface area contributed by atoms with Crippen molar-refractivity contribution in [3.8, 4) is 11.5 Å². The van der Waals surface area contributed by atoms with Crippen molar-refractivity contribution in [1.29, 1.82) is 0 Å². The lowest BCUT2D eigenvalue weighted by Gasteiger charge is -2.31. The fourth-order valence-electron chi connectivity index (χ4n) is 3.18. The second-order valence-electron chi connectivity index (χ2n) is 6.03. The van der Waals surface area contributed by atoms with Crippen LogP contribution in [0.1, 0.15) is 16.7 Å². The first-order chi connectivity index (χ1) is 12.2. The number of aliphatic imine (C=N–C) groups is 1. The minimum Gasteiger partial charge on any atom is -0.493 e. The molecular formula is C20H25N3O2. The minimum atomic E-state index is 0.686. The summed E-state index contributed by atoms with van der Waals surface area (Å²) in [7, 11) is 5.13. The molecule has 0 aliphatic carbocycles. The van der Waals surface area contributed by atoms with Gasteiger partial charge in [-0.15, -0.1) is 0 Å². The molecule has 1 N–H and O–H groups in total. The third-order valence-electron chi connectivity index (χ3n) is 4.54. The molecule has 2 aromatic carbocycles. The van der Waals surface area contributed by atoms with Gasteiger partial charge in [0, 0.05) is 26.7 Å². The Balaban J connectivity index is 1.66. The smallest absolute Gasteiger partial charge is 0.194 e. The lowest BCUT2D eigenvalue weighted by molar-refractivity contribution is 0.354. The van der Waals surface area contributed by atoms with Gasteiger partial charge < -0.3 is 19.7 Å². The Morgan fingerprint density at radius 3 is 2.56 bits per heavy atom. The summed E-state index contributed by atoms with van der Waals surface area (Å²) in [5.41, 5.74) is 3.94. The van der Waals surface area contributed by atoms with Crippen molar-refractivity contribution >= 4 is 5.96 Å². The molecule has 1 heterocycles. The van der Waals surface area contributed by atoms with E-state index in [1.165, 1.54) is 11.1 Å². The molecule has 0 saturated heterocycles. The first-order valence-corrected chi connectivity index (χ1v) is 8.48. The van der Waals surface area contributed by atoms with E-state index in [1.807, 2.05) is 25.2 Å². The zero-order valence-electron chi connectivity index (χ0n) is 15.1. The summed E-state index contributed by atoms with van der Waals surface area (Å²) in [6, 6.07) is 14.6. The van der Waals surface area contributed by atoms with Crippen molar-refractivity contribution in [1.82, 2.24) is 10.2 Å². The molecule has 0 spiro atoms. The summed E-state index contributed by atoms with van der Waals surface area (Å²) >= 11 is 0. The topological polar surface area (TPSA) is 46.1 Å². The van der Waals surface area contributed by atoms with E-state index in [2.05, 4.69) is 39.5 Å². The Hall–Kier alpha value is -2.69. The van der Waals surface area contributed by atoms with Crippen LogP contribution < -0.4 is 14.8 Å². The molecule has 0 fully saturated rings. The van der Waals surface area contributed by atoms with Crippen LogP contribution in [0.4, 0.5) is 0 Å². The maximum absolute atomic E-state index is 5.37. The molecule has 3 rings (SSSR count). The lowest BCUT2D eigenvalue weighted by Crippen LogP contribution is -2.43. The Morgan fingerprint density at radius 1 is 1.08 bits per heavy atom. The molecule has 5 heteroatoms. The zero-order chi connectivity index (χ0) is 17.6. The van der Waals surface area contributed by atoms with Gasteiger partial charge in [0.2, 0.25) is 0 Å². The highest BCUT2D eigenvalue weighted by Crippen LogP contribution is 2.27. The van der Waals surface area contributed by atoms with Crippen LogP contribution in [0.15, 0.2) is 47.5 Å². The van der Waals surface area contributed by atoms with Crippen molar-refractivity contribution in [2.24, 2.45) is 4.99 Å². The van der Waals surface area contributed by atoms with Crippen molar-refractivity contribution in [3.05, 3.63) is 59.2 Å². The van der Waals surface area contributed by atoms with E-state index >= 15 is 0 Å². The van der Waals surface area contributed by atoms with Crippen molar-refractivity contribution in [2.75, 3.05) is 27.8 Å². The number of hydrogen-bond acceptors (Lipinski definition) is 3. The number of nitrogens with zero attached hydrogens (tertiary/aromatic N) is 2. The molecule has 2 aromatic rings. The van der Waals surface area contributed by atoms with Gasteiger partial charge in [-0.2, -0.15) is 0 Å². The highest BCUT2D eigenvalue weighted by atomic mass is 16.5. The van der Waals surface area contributed by atoms with Gasteiger partial charge in [0.25, 0.3) is 0 Å². The summed E-state index contributed by atoms with van der Waals surface area (Å²) in [6.07, 6.45) is 1.05. The highest BCUT2D eigenvalue weighted by Gasteiger charge is 2.18. The maximum Gasteiger partial charge on any atom is 0.194 e. The van der Waals surface area contributed by atoms with Crippen LogP contribution in [0, 0.1) is 0 Å². The van der Waals surface area contributed by atoms with Crippen LogP contribution in [0.2, 0.25) is 0 Å². The second kappa shape index (κ2) is 7.92. The van der Waals surface area contributed by atoms with Gasteiger partial charge in [0.1, 0.15) is 0 Å². The third kappa shape index (κ3) is 3.87. The lowest BCUT2D eigenvalue weighted by atomic mass is 10.0. The van der Waals surface area contributed by atoms with Crippen molar-refractivity contribution in [3.63, 3.8) is 0 Å². The molecule has 132 valence electrons. The van der Waals surface area contributed by atoms with E-state index in [0.717, 1.165) is 42.5 Å². The van der Waals surface area contributed by atoms with E-state index in [1.54, 1.807) is 14.2 Å². The molecule has 0 aromatic heterocycles. The number of benzene rings is 2. The monoisotopic (exact) mass is 339 g/mol. The minimum absolute atomic E-state index is 0.686. The quantitative estimate of drug-likeness (QED) is 0.687. The number of ether oxygens (including phenoxy) is 2. The fourth-order valence-corrected chi connectivity index (χ4v) is 3.18. The van der Waals surface area contributed by atoms with Gasteiger partial charge >= 0.3 is 0 Å². The van der Waals surface area contributed by atoms with Crippen LogP contribution in [-0.4, -0.2) is 38.7 Å². The van der Waals surface area contributed by atoms with Gasteiger partial charge in [-0.1, -0.05) is 30.3 Å². The van der Waals surface area contributed by atoms with Crippen LogP contribution in [0.3, 0.4) is 0 Å². The van der Waals surface area contributed by atoms with E-state index in [4.69, 9.17) is 9.47 Å². The average molecular weight is 339 g/mol. The van der Waals surface area contributed by atoms with Crippen molar-refractivity contribution in [2.45, 2.75) is 19.5 Å². The number of methoxy groups -OCH3 is 2. The Labute approximate surface area is 149 Å². The molecule has 0 unspecified atom stereocenters. The summed E-state index contributed by atoms with van der Waals surface area (Å²) in [6.45, 7) is 2.55. The Morgan fingerprint density at radius 2 is 1.84 bits per heavy atom. The van der Waals surface area contributed by atoms with Gasteiger partial charge in [-0.25, -0.2) is 0 Å². The fraction of sp³-hybridized carbons (Fsp3) is 0.350. The van der Waals surface area contributed by atoms with E-state index in [0.29, 0.717) is 6.54 Å². The second-order valence-corrected chi connectivity index (χ2v) is 6.03. The van der Waals surface area contributed by atoms with Gasteiger partial charge in [0.15, 0.2) is 17.5 Å². The van der Waals surface area contributed by atoms with Gasteiger partial charge in [-0.05, 0) is 35.2 Å². The van der Waals surface area contributed by atoms with Crippen LogP contribution in [0.25, 0.3) is 0 Å². The maximum atomic E-state index is 5.37. The first kappa shape index (κ1) is 17.1. The molecule has 0 atom stereocenters. The standard InChI is InChI=1S/C20H25N3O2/c1-21-20(23-11-10-16-6-4-5-7-17(16)14-23)22-13-15-8-9-18(24-2)19(12-15)25-3/h4-9,12H,10-11,13-14H2,1-3H3,(H,21,22). The van der Waals surface area contributed by atoms with Crippen LogP contribution in [0.5, 0.6) is 11.5 Å². The number of rotatable bonds is 4. The number of hydrogen-bond donors (Lipinski definition) is 1. The third-order valence-corrected chi connectivity index (χ3v) is 4.54. The molecule has 0 saturated carbocycles. The summed E-state index contributed by atoms with van der Waals surface area (Å²) in [5.74, 6) is 2.40. The van der Waals surface area contributed by atoms with Gasteiger partial charge in [-0.3, -0.25) is 4.99 Å². The Bertz CT molecular complexity index is 758. The normalized spacial score (nSPS) is 14.0. The predicted molar refractivity (Wildman–Crippen MR) is 100 cm³/mol. The highest BCUT2D eigenvalue weighted by molar-refractivity contribution is 5.80. The SMILES string of the molecule is CN=C(NCc1ccc(OC)c(OC)c1)N1CCc2ccccc2C1. The van der Waals surface area contributed by atoms with E-state index in [9.17, 15) is 0 Å². The summed E-state index contributed by atoms with van der Waals surface area (Å²) < 4.78 is 10.7. The zero-order valence-corrected chi connectivity index (χ0v) is 15.1. The largest absolute Gasteiger partial charge is 0.493 e. The molecule has 0 bridgehead atoms. The molecule has 1 aliphatic rings. The number of fused-ring (bicyclic) bond motifs is 1. The average Bonchev–Trinajstić information content (AvgIpc) is 2.68. The van der Waals surface area contributed by atoms with E-state index in [-0.39, 0.29) is 0 Å². The molecule has 0 radical (unpaired) electrons. The number of nitrogens with one attached hydrogen (secondary N) is 1. The molecule has 25 heavy (non-hydrogen) atoms. The van der Waals surface area contributed by atoms with E-state index < -0.39 is 0 Å². The summed E-state index contributed by atoms with van der Waals surface area (Å²) in [5, 5.41) is 3.45. The molecular weight excluding hydrogens is 314 g/mol. The molecule has 0 amide bonds. The van der Waals surface area contributed by atoms with Crippen molar-refractivity contribution < 1.29 is 9.47 Å².